The average molecular weight is 190 g/mol. The lowest BCUT2D eigenvalue weighted by Crippen LogP contribution is -2.38. The molecule has 0 aliphatic carbocycles. The van der Waals surface area contributed by atoms with Crippen molar-refractivity contribution < 1.29 is 14.3 Å². The molecule has 3 N–H and O–H groups in total. The molecule has 0 heterocycles. The molecular weight excluding hydrogens is 172 g/mol. The van der Waals surface area contributed by atoms with Crippen LogP contribution in [0.4, 0.5) is 4.79 Å². The van der Waals surface area contributed by atoms with Gasteiger partial charge in [-0.2, -0.15) is 0 Å². The topological polar surface area (TPSA) is 73.6 Å². The molecule has 0 aliphatic heterocycles. The second-order valence-corrected chi connectivity index (χ2v) is 2.85. The molecule has 78 valence electrons. The zero-order chi connectivity index (χ0) is 10.3. The third-order valence-electron chi connectivity index (χ3n) is 1.89. The third-order valence-corrected chi connectivity index (χ3v) is 1.89. The van der Waals surface area contributed by atoms with E-state index in [2.05, 4.69) is 10.1 Å². The van der Waals surface area contributed by atoms with Crippen LogP contribution < -0.4 is 11.1 Å². The van der Waals surface area contributed by atoms with Crippen molar-refractivity contribution in [2.45, 2.75) is 26.0 Å². The minimum absolute atomic E-state index is 0.133. The number of hydrogen-bond donors (Lipinski definition) is 2. The molecule has 0 aliphatic rings. The van der Waals surface area contributed by atoms with Crippen LogP contribution in [0.3, 0.4) is 0 Å². The smallest absolute Gasteiger partial charge is 0.404 e. The summed E-state index contributed by atoms with van der Waals surface area (Å²) in [7, 11) is 1.66. The van der Waals surface area contributed by atoms with Gasteiger partial charge in [0.1, 0.15) is 6.61 Å². The third kappa shape index (κ3) is 6.36. The summed E-state index contributed by atoms with van der Waals surface area (Å²) in [6.45, 7) is 4.83. The van der Waals surface area contributed by atoms with E-state index in [1.807, 2.05) is 13.8 Å². The first-order valence-electron chi connectivity index (χ1n) is 4.26. The second kappa shape index (κ2) is 6.68. The van der Waals surface area contributed by atoms with Gasteiger partial charge in [0.05, 0.1) is 6.10 Å². The van der Waals surface area contributed by atoms with Gasteiger partial charge < -0.3 is 20.5 Å². The summed E-state index contributed by atoms with van der Waals surface area (Å²) in [5.41, 5.74) is 4.78. The number of amides is 1. The van der Waals surface area contributed by atoms with Crippen LogP contribution in [0.2, 0.25) is 0 Å². The van der Waals surface area contributed by atoms with E-state index in [1.54, 1.807) is 7.11 Å². The Morgan fingerprint density at radius 3 is 2.62 bits per heavy atom. The first-order valence-corrected chi connectivity index (χ1v) is 4.26. The number of rotatable bonds is 6. The van der Waals surface area contributed by atoms with E-state index in [9.17, 15) is 4.79 Å². The Labute approximate surface area is 78.6 Å². The summed E-state index contributed by atoms with van der Waals surface area (Å²) < 4.78 is 9.64. The highest BCUT2D eigenvalue weighted by molar-refractivity contribution is 5.64. The van der Waals surface area contributed by atoms with E-state index in [0.29, 0.717) is 6.54 Å². The van der Waals surface area contributed by atoms with Crippen LogP contribution in [0, 0.1) is 0 Å². The highest BCUT2D eigenvalue weighted by Crippen LogP contribution is 1.94. The summed E-state index contributed by atoms with van der Waals surface area (Å²) in [4.78, 5) is 10.2. The summed E-state index contributed by atoms with van der Waals surface area (Å²) >= 11 is 0. The zero-order valence-corrected chi connectivity index (χ0v) is 8.37. The minimum atomic E-state index is -0.741. The first-order chi connectivity index (χ1) is 6.07. The van der Waals surface area contributed by atoms with Crippen molar-refractivity contribution in [3.8, 4) is 0 Å². The van der Waals surface area contributed by atoms with Crippen LogP contribution in [-0.2, 0) is 9.47 Å². The van der Waals surface area contributed by atoms with Crippen molar-refractivity contribution >= 4 is 6.09 Å². The quantitative estimate of drug-likeness (QED) is 0.582. The molecule has 0 saturated carbocycles. The van der Waals surface area contributed by atoms with Crippen molar-refractivity contribution in [1.82, 2.24) is 5.32 Å². The van der Waals surface area contributed by atoms with Gasteiger partial charge in [-0.15, -0.1) is 0 Å². The molecule has 0 aromatic rings. The maximum absolute atomic E-state index is 10.2. The molecule has 2 unspecified atom stereocenters. The Balaban J connectivity index is 3.36. The number of ether oxygens (including phenoxy) is 2. The Bertz CT molecular complexity index is 152. The van der Waals surface area contributed by atoms with Crippen molar-refractivity contribution in [1.29, 1.82) is 0 Å². The lowest BCUT2D eigenvalue weighted by molar-refractivity contribution is 0.0856. The molecule has 13 heavy (non-hydrogen) atoms. The summed E-state index contributed by atoms with van der Waals surface area (Å²) in [6.07, 6.45) is -0.608. The highest BCUT2D eigenvalue weighted by atomic mass is 16.5. The van der Waals surface area contributed by atoms with Gasteiger partial charge in [-0.3, -0.25) is 0 Å². The van der Waals surface area contributed by atoms with E-state index >= 15 is 0 Å². The lowest BCUT2D eigenvalue weighted by atomic mass is 10.2. The van der Waals surface area contributed by atoms with E-state index in [4.69, 9.17) is 10.5 Å². The van der Waals surface area contributed by atoms with Crippen molar-refractivity contribution in [2.24, 2.45) is 5.73 Å². The number of nitrogens with two attached hydrogens (primary N) is 1. The molecule has 0 bridgehead atoms. The van der Waals surface area contributed by atoms with Crippen LogP contribution in [0.25, 0.3) is 0 Å². The molecule has 0 saturated heterocycles. The van der Waals surface area contributed by atoms with Crippen LogP contribution >= 0.6 is 0 Å². The fraction of sp³-hybridized carbons (Fsp3) is 0.875. The number of hydrogen-bond acceptors (Lipinski definition) is 4. The molecule has 0 aromatic carbocycles. The summed E-state index contributed by atoms with van der Waals surface area (Å²) in [5, 5.41) is 3.13. The number of nitrogens with one attached hydrogen (secondary N) is 1. The fourth-order valence-electron chi connectivity index (χ4n) is 0.808. The summed E-state index contributed by atoms with van der Waals surface area (Å²) in [5.74, 6) is 0. The molecule has 0 fully saturated rings. The number of carbonyl (C=O) groups is 1. The Morgan fingerprint density at radius 1 is 1.54 bits per heavy atom. The van der Waals surface area contributed by atoms with Crippen molar-refractivity contribution in [3.05, 3.63) is 0 Å². The standard InChI is InChI=1S/C8H18N2O3/c1-6(7(2)12-3)10-4-5-13-8(9)11/h6-7,10H,4-5H2,1-3H3,(H2,9,11). The van der Waals surface area contributed by atoms with Crippen LogP contribution in [0.1, 0.15) is 13.8 Å². The predicted octanol–water partition coefficient (Wildman–Crippen LogP) is 0.0947. The molecule has 2 atom stereocenters. The monoisotopic (exact) mass is 190 g/mol. The van der Waals surface area contributed by atoms with E-state index < -0.39 is 6.09 Å². The van der Waals surface area contributed by atoms with Gasteiger partial charge >= 0.3 is 6.09 Å². The predicted molar refractivity (Wildman–Crippen MR) is 49.5 cm³/mol. The zero-order valence-electron chi connectivity index (χ0n) is 8.37. The molecule has 0 radical (unpaired) electrons. The molecule has 5 heteroatoms. The van der Waals surface area contributed by atoms with Gasteiger partial charge in [0, 0.05) is 19.7 Å². The highest BCUT2D eigenvalue weighted by Gasteiger charge is 2.09. The maximum atomic E-state index is 10.2. The largest absolute Gasteiger partial charge is 0.448 e. The molecule has 0 spiro atoms. The van der Waals surface area contributed by atoms with E-state index in [1.165, 1.54) is 0 Å². The molecule has 5 nitrogen and oxygen atoms in total. The molecule has 0 aromatic heterocycles. The van der Waals surface area contributed by atoms with Gasteiger partial charge in [-0.05, 0) is 13.8 Å². The SMILES string of the molecule is COC(C)C(C)NCCOC(N)=O. The average Bonchev–Trinajstić information content (AvgIpc) is 2.10. The lowest BCUT2D eigenvalue weighted by Gasteiger charge is -2.19. The van der Waals surface area contributed by atoms with Crippen molar-refractivity contribution in [2.75, 3.05) is 20.3 Å². The molecule has 0 rings (SSSR count). The van der Waals surface area contributed by atoms with Gasteiger partial charge in [0.2, 0.25) is 0 Å². The van der Waals surface area contributed by atoms with Gasteiger partial charge in [-0.25, -0.2) is 4.79 Å². The number of methoxy groups -OCH3 is 1. The number of carbonyl (C=O) groups excluding carboxylic acids is 1. The van der Waals surface area contributed by atoms with Crippen molar-refractivity contribution in [3.63, 3.8) is 0 Å². The number of primary amides is 1. The van der Waals surface area contributed by atoms with E-state index in [-0.39, 0.29) is 18.8 Å². The normalized spacial score (nSPS) is 15.0. The Hall–Kier alpha value is -0.810. The van der Waals surface area contributed by atoms with Gasteiger partial charge in [0.25, 0.3) is 0 Å². The minimum Gasteiger partial charge on any atom is -0.448 e. The Morgan fingerprint density at radius 2 is 2.15 bits per heavy atom. The van der Waals surface area contributed by atoms with Crippen LogP contribution in [-0.4, -0.2) is 38.5 Å². The molecular formula is C8H18N2O3. The fourth-order valence-corrected chi connectivity index (χ4v) is 0.808. The van der Waals surface area contributed by atoms with E-state index in [0.717, 1.165) is 0 Å². The first kappa shape index (κ1) is 12.2. The van der Waals surface area contributed by atoms with Gasteiger partial charge in [-0.1, -0.05) is 0 Å². The second-order valence-electron chi connectivity index (χ2n) is 2.85. The Kier molecular flexibility index (Phi) is 6.26. The maximum Gasteiger partial charge on any atom is 0.404 e. The molecule has 1 amide bonds. The van der Waals surface area contributed by atoms with Gasteiger partial charge in [0.15, 0.2) is 0 Å². The summed E-state index contributed by atoms with van der Waals surface area (Å²) in [6, 6.07) is 0.224. The van der Waals surface area contributed by atoms with Crippen LogP contribution in [0.5, 0.6) is 0 Å². The van der Waals surface area contributed by atoms with Crippen LogP contribution in [0.15, 0.2) is 0 Å².